The SMILES string of the molecule is CCOC(=O)C1=C(C)N=c2s/c(=C/c3ccc(N4CCCC4)c(C)c3)c(=O)n2[C@H]1c1c(OC)ccc2ccccc12. The van der Waals surface area contributed by atoms with Crippen LogP contribution in [-0.4, -0.2) is 37.3 Å². The minimum Gasteiger partial charge on any atom is -0.496 e. The predicted octanol–water partition coefficient (Wildman–Crippen LogP) is 4.87. The first-order valence-corrected chi connectivity index (χ1v) is 14.8. The Morgan fingerprint density at radius 1 is 1.10 bits per heavy atom. The van der Waals surface area contributed by atoms with Crippen molar-refractivity contribution >= 4 is 39.8 Å². The fraction of sp³-hybridized carbons (Fsp3) is 0.303. The molecule has 3 heterocycles. The molecule has 0 N–H and O–H groups in total. The molecule has 3 aromatic carbocycles. The summed E-state index contributed by atoms with van der Waals surface area (Å²) in [6.45, 7) is 8.07. The van der Waals surface area contributed by atoms with Gasteiger partial charge in [0, 0.05) is 24.3 Å². The van der Waals surface area contributed by atoms with Gasteiger partial charge >= 0.3 is 5.97 Å². The van der Waals surface area contributed by atoms with E-state index in [9.17, 15) is 9.59 Å². The summed E-state index contributed by atoms with van der Waals surface area (Å²) in [5.41, 5.74) is 4.79. The van der Waals surface area contributed by atoms with Crippen LogP contribution in [0.2, 0.25) is 0 Å². The van der Waals surface area contributed by atoms with Gasteiger partial charge in [0.2, 0.25) is 0 Å². The molecule has 0 aliphatic carbocycles. The first-order valence-electron chi connectivity index (χ1n) is 14.0. The van der Waals surface area contributed by atoms with Gasteiger partial charge in [0.25, 0.3) is 5.56 Å². The van der Waals surface area contributed by atoms with Crippen molar-refractivity contribution in [1.82, 2.24) is 4.57 Å². The van der Waals surface area contributed by atoms with Crippen LogP contribution < -0.4 is 24.5 Å². The van der Waals surface area contributed by atoms with Gasteiger partial charge in [-0.1, -0.05) is 47.7 Å². The number of ether oxygens (including phenoxy) is 2. The molecule has 1 fully saturated rings. The largest absolute Gasteiger partial charge is 0.496 e. The number of fused-ring (bicyclic) bond motifs is 2. The number of methoxy groups -OCH3 is 1. The average molecular weight is 568 g/mol. The molecule has 1 atom stereocenters. The Morgan fingerprint density at radius 3 is 2.61 bits per heavy atom. The van der Waals surface area contributed by atoms with Gasteiger partial charge in [-0.3, -0.25) is 9.36 Å². The van der Waals surface area contributed by atoms with Gasteiger partial charge in [0.15, 0.2) is 4.80 Å². The third kappa shape index (κ3) is 4.76. The first kappa shape index (κ1) is 27.0. The topological polar surface area (TPSA) is 73.1 Å². The number of esters is 1. The van der Waals surface area contributed by atoms with E-state index in [0.29, 0.717) is 26.4 Å². The number of carbonyl (C=O) groups excluding carboxylic acids is 1. The van der Waals surface area contributed by atoms with Crippen LogP contribution in [-0.2, 0) is 9.53 Å². The minimum atomic E-state index is -0.757. The number of carbonyl (C=O) groups is 1. The van der Waals surface area contributed by atoms with Crippen molar-refractivity contribution in [2.75, 3.05) is 31.7 Å². The second kappa shape index (κ2) is 11.0. The van der Waals surface area contributed by atoms with Crippen LogP contribution in [0, 0.1) is 6.92 Å². The van der Waals surface area contributed by atoms with Gasteiger partial charge in [-0.05, 0) is 79.8 Å². The van der Waals surface area contributed by atoms with E-state index in [-0.39, 0.29) is 12.2 Å². The highest BCUT2D eigenvalue weighted by Gasteiger charge is 2.36. The van der Waals surface area contributed by atoms with Gasteiger partial charge in [-0.15, -0.1) is 0 Å². The smallest absolute Gasteiger partial charge is 0.338 e. The monoisotopic (exact) mass is 567 g/mol. The van der Waals surface area contributed by atoms with Crippen molar-refractivity contribution in [2.24, 2.45) is 4.99 Å². The number of hydrogen-bond acceptors (Lipinski definition) is 7. The van der Waals surface area contributed by atoms with Crippen LogP contribution in [0.1, 0.15) is 49.4 Å². The predicted molar refractivity (Wildman–Crippen MR) is 164 cm³/mol. The van der Waals surface area contributed by atoms with Crippen molar-refractivity contribution in [3.05, 3.63) is 102 Å². The van der Waals surface area contributed by atoms with E-state index < -0.39 is 12.0 Å². The average Bonchev–Trinajstić information content (AvgIpc) is 3.60. The lowest BCUT2D eigenvalue weighted by Crippen LogP contribution is -2.40. The zero-order valence-electron chi connectivity index (χ0n) is 23.8. The Labute approximate surface area is 242 Å². The summed E-state index contributed by atoms with van der Waals surface area (Å²) < 4.78 is 13.5. The number of anilines is 1. The van der Waals surface area contributed by atoms with Crippen LogP contribution in [0.5, 0.6) is 5.75 Å². The number of nitrogens with zero attached hydrogens (tertiary/aromatic N) is 3. The zero-order valence-corrected chi connectivity index (χ0v) is 24.6. The Hall–Kier alpha value is -4.17. The molecule has 0 radical (unpaired) electrons. The third-order valence-corrected chi connectivity index (χ3v) is 8.89. The lowest BCUT2D eigenvalue weighted by Gasteiger charge is -2.27. The molecule has 8 heteroatoms. The molecule has 0 unspecified atom stereocenters. The van der Waals surface area contributed by atoms with Gasteiger partial charge < -0.3 is 14.4 Å². The highest BCUT2D eigenvalue weighted by molar-refractivity contribution is 7.07. The zero-order chi connectivity index (χ0) is 28.7. The number of benzene rings is 3. The molecule has 4 aromatic rings. The van der Waals surface area contributed by atoms with Gasteiger partial charge in [-0.2, -0.15) is 0 Å². The molecule has 0 saturated carbocycles. The summed E-state index contributed by atoms with van der Waals surface area (Å²) in [5, 5.41) is 1.88. The molecular formula is C33H33N3O4S. The second-order valence-electron chi connectivity index (χ2n) is 10.4. The summed E-state index contributed by atoms with van der Waals surface area (Å²) >= 11 is 1.33. The summed E-state index contributed by atoms with van der Waals surface area (Å²) in [6.07, 6.45) is 4.36. The van der Waals surface area contributed by atoms with Crippen molar-refractivity contribution in [1.29, 1.82) is 0 Å². The highest BCUT2D eigenvalue weighted by Crippen LogP contribution is 2.40. The number of hydrogen-bond donors (Lipinski definition) is 0. The fourth-order valence-electron chi connectivity index (χ4n) is 6.03. The molecule has 210 valence electrons. The number of allylic oxidation sites excluding steroid dienone is 1. The summed E-state index contributed by atoms with van der Waals surface area (Å²) in [4.78, 5) is 35.3. The van der Waals surface area contributed by atoms with Crippen LogP contribution in [0.3, 0.4) is 0 Å². The van der Waals surface area contributed by atoms with E-state index in [1.807, 2.05) is 42.5 Å². The molecule has 2 aliphatic heterocycles. The lowest BCUT2D eigenvalue weighted by atomic mass is 9.90. The van der Waals surface area contributed by atoms with Crippen molar-refractivity contribution in [2.45, 2.75) is 39.7 Å². The molecule has 6 rings (SSSR count). The van der Waals surface area contributed by atoms with E-state index in [4.69, 9.17) is 14.5 Å². The molecule has 0 bridgehead atoms. The number of thiazole rings is 1. The van der Waals surface area contributed by atoms with Crippen LogP contribution in [0.25, 0.3) is 16.8 Å². The maximum Gasteiger partial charge on any atom is 0.338 e. The van der Waals surface area contributed by atoms with Gasteiger partial charge in [0.1, 0.15) is 11.8 Å². The Kier molecular flexibility index (Phi) is 7.26. The first-order chi connectivity index (χ1) is 19.9. The number of rotatable bonds is 6. The normalized spacial score (nSPS) is 17.1. The third-order valence-electron chi connectivity index (χ3n) is 7.91. The Bertz CT molecular complexity index is 1880. The molecule has 1 saturated heterocycles. The maximum atomic E-state index is 14.2. The molecular weight excluding hydrogens is 534 g/mol. The number of aromatic nitrogens is 1. The summed E-state index contributed by atoms with van der Waals surface area (Å²) in [6, 6.07) is 17.4. The highest BCUT2D eigenvalue weighted by atomic mass is 32.1. The summed E-state index contributed by atoms with van der Waals surface area (Å²) in [7, 11) is 1.60. The Morgan fingerprint density at radius 2 is 1.88 bits per heavy atom. The van der Waals surface area contributed by atoms with Gasteiger partial charge in [-0.25, -0.2) is 9.79 Å². The van der Waals surface area contributed by atoms with Crippen LogP contribution >= 0.6 is 11.3 Å². The molecule has 0 amide bonds. The quantitative estimate of drug-likeness (QED) is 0.311. The summed E-state index contributed by atoms with van der Waals surface area (Å²) in [5.74, 6) is 0.101. The van der Waals surface area contributed by atoms with E-state index in [0.717, 1.165) is 35.0 Å². The van der Waals surface area contributed by atoms with Crippen molar-refractivity contribution in [3.8, 4) is 5.75 Å². The van der Waals surface area contributed by atoms with Crippen molar-refractivity contribution < 1.29 is 14.3 Å². The van der Waals surface area contributed by atoms with Crippen LogP contribution in [0.4, 0.5) is 5.69 Å². The molecule has 2 aliphatic rings. The second-order valence-corrected chi connectivity index (χ2v) is 11.5. The standard InChI is InChI=1S/C33H33N3O4S/c1-5-40-32(38)28-21(3)34-33-36(30(28)29-24-11-7-6-10-23(24)13-15-26(29)39-4)31(37)27(41-33)19-22-12-14-25(20(2)18-22)35-16-8-9-17-35/h6-7,10-15,18-19,30H,5,8-9,16-17H2,1-4H3/b27-19+/t30-/m1/s1. The number of aryl methyl sites for hydroxylation is 1. The lowest BCUT2D eigenvalue weighted by molar-refractivity contribution is -0.139. The molecule has 41 heavy (non-hydrogen) atoms. The van der Waals surface area contributed by atoms with E-state index in [1.54, 1.807) is 25.5 Å². The molecule has 7 nitrogen and oxygen atoms in total. The van der Waals surface area contributed by atoms with E-state index in [1.165, 1.54) is 35.4 Å². The van der Waals surface area contributed by atoms with Crippen molar-refractivity contribution in [3.63, 3.8) is 0 Å². The van der Waals surface area contributed by atoms with E-state index >= 15 is 0 Å². The molecule has 0 spiro atoms. The van der Waals surface area contributed by atoms with E-state index in [2.05, 4.69) is 30.0 Å². The Balaban J connectivity index is 1.56. The van der Waals surface area contributed by atoms with Gasteiger partial charge in [0.05, 0.1) is 29.5 Å². The van der Waals surface area contributed by atoms with Crippen LogP contribution in [0.15, 0.2) is 75.7 Å². The minimum absolute atomic E-state index is 0.204. The molecule has 1 aromatic heterocycles. The fourth-order valence-corrected chi connectivity index (χ4v) is 7.08. The maximum absolute atomic E-state index is 14.2.